The Morgan fingerprint density at radius 2 is 1.39 bits per heavy atom. The molecule has 0 amide bonds. The summed E-state index contributed by atoms with van der Waals surface area (Å²) in [5, 5.41) is 20.2. The number of benzene rings is 2. The van der Waals surface area contributed by atoms with Crippen LogP contribution in [0.4, 0.5) is 0 Å². The van der Waals surface area contributed by atoms with Gasteiger partial charge in [-0.3, -0.25) is 15.5 Å². The van der Waals surface area contributed by atoms with E-state index in [1.165, 1.54) is 30.4 Å². The van der Waals surface area contributed by atoms with E-state index in [9.17, 15) is 20.3 Å². The van der Waals surface area contributed by atoms with Crippen LogP contribution in [0.2, 0.25) is 0 Å². The van der Waals surface area contributed by atoms with Crippen molar-refractivity contribution in [1.82, 2.24) is 0 Å². The molecule has 0 saturated heterocycles. The van der Waals surface area contributed by atoms with Crippen molar-refractivity contribution >= 4 is 39.4 Å². The van der Waals surface area contributed by atoms with Gasteiger partial charge in [0.15, 0.2) is 11.5 Å². The normalized spacial score (nSPS) is 11.8. The Balaban J connectivity index is 1.46. The van der Waals surface area contributed by atoms with Gasteiger partial charge < -0.3 is 14.2 Å². The lowest BCUT2D eigenvalue weighted by Crippen LogP contribution is -2.00. The van der Waals surface area contributed by atoms with Gasteiger partial charge in [0.2, 0.25) is 11.6 Å². The number of carbonyl (C=O) groups excluding carboxylic acids is 2. The number of hydrogen-bond donors (Lipinski definition) is 0. The van der Waals surface area contributed by atoms with Crippen LogP contribution in [0.25, 0.3) is 27.3 Å². The molecule has 0 radical (unpaired) electrons. The molecule has 33 heavy (non-hydrogen) atoms. The van der Waals surface area contributed by atoms with Gasteiger partial charge in [-0.25, -0.2) is 0 Å². The van der Waals surface area contributed by atoms with E-state index in [2.05, 4.69) is 0 Å². The van der Waals surface area contributed by atoms with Crippen LogP contribution in [0.15, 0.2) is 111 Å². The maximum atomic E-state index is 12.5. The van der Waals surface area contributed by atoms with Gasteiger partial charge in [0.1, 0.15) is 22.8 Å². The summed E-state index contributed by atoms with van der Waals surface area (Å²) in [5.41, 5.74) is 0.902. The standard InChI is InChI=1S/C27H15N2O4/c28-16-20(26(30)24-14-18-8-4-6-12-22(18)32-24)10-2-1-3-11-21(17-29)27(31)25-15-19-9-5-7-13-23(19)33-25/h1-15H/q-1/b2-1+,11-3+,20-10+. The van der Waals surface area contributed by atoms with E-state index in [-0.39, 0.29) is 22.7 Å². The minimum absolute atomic E-state index is 0.0736. The molecule has 6 nitrogen and oxygen atoms in total. The molecule has 2 heterocycles. The molecule has 0 spiro atoms. The molecule has 0 fully saturated rings. The molecule has 4 rings (SSSR count). The predicted molar refractivity (Wildman–Crippen MR) is 125 cm³/mol. The number of hydrogen-bond acceptors (Lipinski definition) is 5. The first-order valence-electron chi connectivity index (χ1n) is 9.89. The van der Waals surface area contributed by atoms with Gasteiger partial charge in [0.05, 0.1) is 0 Å². The highest BCUT2D eigenvalue weighted by molar-refractivity contribution is 6.15. The molecule has 2 aromatic heterocycles. The smallest absolute Gasteiger partial charge is 0.238 e. The zero-order valence-corrected chi connectivity index (χ0v) is 17.2. The van der Waals surface area contributed by atoms with Gasteiger partial charge in [0, 0.05) is 16.3 Å². The third kappa shape index (κ3) is 4.54. The topological polar surface area (TPSA) is 107 Å². The van der Waals surface area contributed by atoms with Crippen LogP contribution < -0.4 is 0 Å². The second-order valence-electron chi connectivity index (χ2n) is 6.92. The summed E-state index contributed by atoms with van der Waals surface area (Å²) >= 11 is 0. The minimum atomic E-state index is -0.535. The Morgan fingerprint density at radius 3 is 1.94 bits per heavy atom. The van der Waals surface area contributed by atoms with Crippen molar-refractivity contribution in [2.75, 3.05) is 0 Å². The molecule has 0 unspecified atom stereocenters. The van der Waals surface area contributed by atoms with Crippen molar-refractivity contribution in [2.45, 2.75) is 0 Å². The maximum absolute atomic E-state index is 12.5. The lowest BCUT2D eigenvalue weighted by molar-refractivity contribution is 0.100. The number of para-hydroxylation sites is 2. The fourth-order valence-corrected chi connectivity index (χ4v) is 3.15. The Bertz CT molecular complexity index is 1500. The second-order valence-corrected chi connectivity index (χ2v) is 6.92. The monoisotopic (exact) mass is 431 g/mol. The largest absolute Gasteiger partial charge is 0.763 e. The van der Waals surface area contributed by atoms with Crippen LogP contribution in [0.3, 0.4) is 0 Å². The molecule has 6 heteroatoms. The highest BCUT2D eigenvalue weighted by Gasteiger charge is 2.16. The first-order chi connectivity index (χ1) is 16.1. The number of carbonyl (C=O) groups is 2. The summed E-state index contributed by atoms with van der Waals surface area (Å²) in [4.78, 5) is 25.1. The Labute approximate surface area is 188 Å². The first-order valence-corrected chi connectivity index (χ1v) is 9.89. The van der Waals surface area contributed by atoms with Crippen molar-refractivity contribution in [3.8, 4) is 6.07 Å². The SMILES string of the molecule is N#C\C(=C/C=C/C=C/C(=C=[N-])C(=O)c1cc2ccccc2o1)C(=O)c1cc2ccccc2o1. The van der Waals surface area contributed by atoms with Crippen molar-refractivity contribution in [3.63, 3.8) is 0 Å². The van der Waals surface area contributed by atoms with E-state index in [0.717, 1.165) is 10.8 Å². The summed E-state index contributed by atoms with van der Waals surface area (Å²) in [5.74, 6) is 0.936. The molecule has 0 aliphatic heterocycles. The van der Waals surface area contributed by atoms with Crippen molar-refractivity contribution in [3.05, 3.63) is 119 Å². The molecule has 0 N–H and O–H groups in total. The molecule has 0 aliphatic rings. The molecule has 2 aromatic carbocycles. The predicted octanol–water partition coefficient (Wildman–Crippen LogP) is 5.97. The van der Waals surface area contributed by atoms with Crippen LogP contribution in [0.5, 0.6) is 0 Å². The van der Waals surface area contributed by atoms with Crippen LogP contribution >= 0.6 is 0 Å². The van der Waals surface area contributed by atoms with Gasteiger partial charge in [0.25, 0.3) is 0 Å². The van der Waals surface area contributed by atoms with Gasteiger partial charge >= 0.3 is 0 Å². The summed E-state index contributed by atoms with van der Waals surface area (Å²) in [6, 6.07) is 19.4. The quantitative estimate of drug-likeness (QED) is 0.118. The van der Waals surface area contributed by atoms with Crippen LogP contribution in [-0.2, 0) is 0 Å². The van der Waals surface area contributed by atoms with Crippen molar-refractivity contribution < 1.29 is 18.4 Å². The van der Waals surface area contributed by atoms with Crippen LogP contribution in [0.1, 0.15) is 21.1 Å². The number of fused-ring (bicyclic) bond motifs is 2. The fraction of sp³-hybridized carbons (Fsp3) is 0. The van der Waals surface area contributed by atoms with E-state index in [0.29, 0.717) is 11.2 Å². The highest BCUT2D eigenvalue weighted by atomic mass is 16.3. The van der Waals surface area contributed by atoms with Crippen molar-refractivity contribution in [1.29, 1.82) is 5.26 Å². The average Bonchev–Trinajstić information content (AvgIpc) is 3.47. The third-order valence-corrected chi connectivity index (χ3v) is 4.78. The molecule has 0 saturated carbocycles. The number of furan rings is 2. The molecule has 4 aromatic rings. The van der Waals surface area contributed by atoms with Gasteiger partial charge in [-0.2, -0.15) is 5.26 Å². The number of ketones is 2. The number of allylic oxidation sites excluding steroid dienone is 7. The maximum Gasteiger partial charge on any atom is 0.238 e. The zero-order chi connectivity index (χ0) is 23.2. The van der Waals surface area contributed by atoms with E-state index in [4.69, 9.17) is 8.83 Å². The lowest BCUT2D eigenvalue weighted by Gasteiger charge is -1.96. The van der Waals surface area contributed by atoms with Crippen LogP contribution in [0, 0.1) is 11.3 Å². The Morgan fingerprint density at radius 1 is 0.818 bits per heavy atom. The van der Waals surface area contributed by atoms with E-state index in [1.54, 1.807) is 36.4 Å². The first kappa shape index (κ1) is 21.3. The van der Waals surface area contributed by atoms with E-state index in [1.807, 2.05) is 36.2 Å². The second kappa shape index (κ2) is 9.44. The summed E-state index contributed by atoms with van der Waals surface area (Å²) in [7, 11) is 0. The minimum Gasteiger partial charge on any atom is -0.763 e. The zero-order valence-electron chi connectivity index (χ0n) is 17.2. The molecule has 0 aliphatic carbocycles. The number of rotatable bonds is 7. The van der Waals surface area contributed by atoms with Gasteiger partial charge in [-0.05, 0) is 36.4 Å². The Kier molecular flexibility index (Phi) is 6.08. The summed E-state index contributed by atoms with van der Waals surface area (Å²) in [6.07, 6.45) is 7.12. The van der Waals surface area contributed by atoms with Gasteiger partial charge in [-0.1, -0.05) is 54.6 Å². The third-order valence-electron chi connectivity index (χ3n) is 4.78. The Hall–Kier alpha value is -4.98. The van der Waals surface area contributed by atoms with Gasteiger partial charge in [-0.15, -0.1) is 0 Å². The molecular weight excluding hydrogens is 416 g/mol. The number of nitriles is 1. The molecule has 0 atom stereocenters. The molecule has 158 valence electrons. The highest BCUT2D eigenvalue weighted by Crippen LogP contribution is 2.22. The number of Topliss-reactive ketones (excluding diaryl/α,β-unsaturated/α-hetero) is 2. The van der Waals surface area contributed by atoms with E-state index >= 15 is 0 Å². The average molecular weight is 431 g/mol. The van der Waals surface area contributed by atoms with Crippen molar-refractivity contribution in [2.24, 2.45) is 0 Å². The lowest BCUT2D eigenvalue weighted by atomic mass is 10.1. The van der Waals surface area contributed by atoms with Crippen LogP contribution in [-0.4, -0.2) is 17.4 Å². The molecular formula is C27H15N2O4-. The molecule has 0 bridgehead atoms. The number of nitrogens with zero attached hydrogens (tertiary/aromatic N) is 2. The van der Waals surface area contributed by atoms with E-state index < -0.39 is 11.6 Å². The summed E-state index contributed by atoms with van der Waals surface area (Å²) in [6.45, 7) is 0. The summed E-state index contributed by atoms with van der Waals surface area (Å²) < 4.78 is 11.0. The fourth-order valence-electron chi connectivity index (χ4n) is 3.15.